The molecular formula is C12H8Cl2N4. The number of nitrogens with zero attached hydrogens (tertiary/aromatic N) is 4. The Labute approximate surface area is 115 Å². The Hall–Kier alpha value is -2.01. The van der Waals surface area contributed by atoms with Crippen LogP contribution in [0.5, 0.6) is 0 Å². The molecule has 0 saturated heterocycles. The largest absolute Gasteiger partial charge is 0.280 e. The van der Waals surface area contributed by atoms with Crippen LogP contribution in [0.25, 0.3) is 0 Å². The van der Waals surface area contributed by atoms with Crippen molar-refractivity contribution >= 4 is 29.4 Å². The van der Waals surface area contributed by atoms with Crippen LogP contribution in [-0.2, 0) is 0 Å². The van der Waals surface area contributed by atoms with Crippen molar-refractivity contribution in [3.05, 3.63) is 46.2 Å². The van der Waals surface area contributed by atoms with Gasteiger partial charge in [-0.25, -0.2) is 0 Å². The normalized spacial score (nSPS) is 12.1. The second kappa shape index (κ2) is 7.34. The zero-order chi connectivity index (χ0) is 13.4. The van der Waals surface area contributed by atoms with Crippen LogP contribution in [0.4, 0.5) is 0 Å². The standard InChI is InChI=1S/C7H3Cl2N.C5H5N3/c8-6-2-1-3-7(9)5(6)4-10;6-5-8-3-1-7-2-4-8/h1-3H;1-3H,4H2. The minimum Gasteiger partial charge on any atom is -0.280 e. The van der Waals surface area contributed by atoms with E-state index in [9.17, 15) is 0 Å². The lowest BCUT2D eigenvalue weighted by Gasteiger charge is -2.06. The van der Waals surface area contributed by atoms with E-state index in [1.807, 2.05) is 12.3 Å². The van der Waals surface area contributed by atoms with E-state index in [-0.39, 0.29) is 0 Å². The fourth-order valence-corrected chi connectivity index (χ4v) is 1.54. The predicted octanol–water partition coefficient (Wildman–Crippen LogP) is 3.19. The summed E-state index contributed by atoms with van der Waals surface area (Å²) < 4.78 is 0. The summed E-state index contributed by atoms with van der Waals surface area (Å²) in [7, 11) is 0. The Kier molecular flexibility index (Phi) is 5.73. The molecule has 0 aromatic heterocycles. The zero-order valence-electron chi connectivity index (χ0n) is 9.22. The smallest absolute Gasteiger partial charge is 0.184 e. The number of hydrogen-bond donors (Lipinski definition) is 0. The van der Waals surface area contributed by atoms with Crippen molar-refractivity contribution in [3.63, 3.8) is 0 Å². The van der Waals surface area contributed by atoms with E-state index in [0.717, 1.165) is 0 Å². The number of benzene rings is 1. The van der Waals surface area contributed by atoms with Gasteiger partial charge in [-0.2, -0.15) is 10.5 Å². The van der Waals surface area contributed by atoms with Gasteiger partial charge >= 0.3 is 0 Å². The van der Waals surface area contributed by atoms with Crippen LogP contribution in [-0.4, -0.2) is 17.7 Å². The van der Waals surface area contributed by atoms with E-state index in [1.54, 1.807) is 36.8 Å². The molecule has 1 aromatic rings. The number of rotatable bonds is 0. The van der Waals surface area contributed by atoms with Crippen LogP contribution in [0.15, 0.2) is 35.6 Å². The second-order valence-corrected chi connectivity index (χ2v) is 3.91. The highest BCUT2D eigenvalue weighted by Gasteiger charge is 2.01. The highest BCUT2D eigenvalue weighted by Crippen LogP contribution is 2.22. The van der Waals surface area contributed by atoms with Crippen LogP contribution < -0.4 is 0 Å². The molecule has 0 aliphatic carbocycles. The summed E-state index contributed by atoms with van der Waals surface area (Å²) in [5.74, 6) is 0. The Morgan fingerprint density at radius 2 is 1.89 bits per heavy atom. The third kappa shape index (κ3) is 4.10. The molecule has 0 unspecified atom stereocenters. The fraction of sp³-hybridized carbons (Fsp3) is 0.0833. The van der Waals surface area contributed by atoms with E-state index in [4.69, 9.17) is 33.7 Å². The lowest BCUT2D eigenvalue weighted by Crippen LogP contribution is -2.14. The molecule has 1 heterocycles. The summed E-state index contributed by atoms with van der Waals surface area (Å²) in [4.78, 5) is 5.27. The highest BCUT2D eigenvalue weighted by molar-refractivity contribution is 6.36. The summed E-state index contributed by atoms with van der Waals surface area (Å²) in [6.45, 7) is 0.604. The molecule has 2 rings (SSSR count). The van der Waals surface area contributed by atoms with Gasteiger partial charge in [-0.3, -0.25) is 9.89 Å². The maximum absolute atomic E-state index is 8.48. The summed E-state index contributed by atoms with van der Waals surface area (Å²) in [5, 5.41) is 17.5. The van der Waals surface area contributed by atoms with Crippen LogP contribution in [0.3, 0.4) is 0 Å². The zero-order valence-corrected chi connectivity index (χ0v) is 10.7. The number of aliphatic imine (C=N–C) groups is 1. The van der Waals surface area contributed by atoms with E-state index in [2.05, 4.69) is 4.99 Å². The summed E-state index contributed by atoms with van der Waals surface area (Å²) in [6.07, 6.45) is 6.87. The third-order valence-corrected chi connectivity index (χ3v) is 2.55. The van der Waals surface area contributed by atoms with Gasteiger partial charge in [0.15, 0.2) is 6.19 Å². The summed E-state index contributed by atoms with van der Waals surface area (Å²) in [6, 6.07) is 6.86. The van der Waals surface area contributed by atoms with Crippen molar-refractivity contribution in [1.82, 2.24) is 4.90 Å². The molecule has 0 atom stereocenters. The second-order valence-electron chi connectivity index (χ2n) is 3.09. The molecule has 0 saturated carbocycles. The predicted molar refractivity (Wildman–Crippen MR) is 71.1 cm³/mol. The minimum absolute atomic E-state index is 0.339. The first-order valence-corrected chi connectivity index (χ1v) is 5.63. The van der Waals surface area contributed by atoms with Gasteiger partial charge in [0, 0.05) is 18.6 Å². The van der Waals surface area contributed by atoms with Gasteiger partial charge in [0.2, 0.25) is 0 Å². The monoisotopic (exact) mass is 278 g/mol. The van der Waals surface area contributed by atoms with Gasteiger partial charge in [0.25, 0.3) is 0 Å². The van der Waals surface area contributed by atoms with Crippen LogP contribution in [0.2, 0.25) is 10.0 Å². The van der Waals surface area contributed by atoms with E-state index in [1.165, 1.54) is 4.90 Å². The van der Waals surface area contributed by atoms with Crippen molar-refractivity contribution in [2.75, 3.05) is 6.54 Å². The SMILES string of the molecule is N#CN1C=CN=CC1.N#Cc1c(Cl)cccc1Cl. The van der Waals surface area contributed by atoms with Crippen molar-refractivity contribution in [1.29, 1.82) is 10.5 Å². The average molecular weight is 279 g/mol. The third-order valence-electron chi connectivity index (χ3n) is 1.92. The van der Waals surface area contributed by atoms with Crippen molar-refractivity contribution in [2.45, 2.75) is 0 Å². The first-order valence-electron chi connectivity index (χ1n) is 4.88. The van der Waals surface area contributed by atoms with Crippen LogP contribution >= 0.6 is 23.2 Å². The van der Waals surface area contributed by atoms with Crippen molar-refractivity contribution < 1.29 is 0 Å². The lowest BCUT2D eigenvalue weighted by atomic mass is 10.2. The molecule has 1 aliphatic heterocycles. The maximum Gasteiger partial charge on any atom is 0.184 e. The van der Waals surface area contributed by atoms with Crippen molar-refractivity contribution in [2.24, 2.45) is 4.99 Å². The van der Waals surface area contributed by atoms with Gasteiger partial charge in [-0.1, -0.05) is 29.3 Å². The molecule has 6 heteroatoms. The average Bonchev–Trinajstić information content (AvgIpc) is 2.41. The summed E-state index contributed by atoms with van der Waals surface area (Å²) in [5.41, 5.74) is 0.339. The number of halogens is 2. The quantitative estimate of drug-likeness (QED) is 0.685. The Bertz CT molecular complexity index is 532. The van der Waals surface area contributed by atoms with E-state index in [0.29, 0.717) is 22.2 Å². The fourth-order valence-electron chi connectivity index (χ4n) is 1.05. The number of hydrogen-bond acceptors (Lipinski definition) is 4. The van der Waals surface area contributed by atoms with Gasteiger partial charge in [-0.05, 0) is 12.1 Å². The molecule has 1 aliphatic rings. The van der Waals surface area contributed by atoms with Gasteiger partial charge in [0.05, 0.1) is 22.2 Å². The Balaban J connectivity index is 0.000000184. The molecule has 0 N–H and O–H groups in total. The van der Waals surface area contributed by atoms with E-state index >= 15 is 0 Å². The highest BCUT2D eigenvalue weighted by atomic mass is 35.5. The molecule has 0 radical (unpaired) electrons. The molecule has 1 aromatic carbocycles. The van der Waals surface area contributed by atoms with Crippen LogP contribution in [0, 0.1) is 22.8 Å². The molecule has 0 bridgehead atoms. The van der Waals surface area contributed by atoms with Gasteiger partial charge in [-0.15, -0.1) is 0 Å². The van der Waals surface area contributed by atoms with Gasteiger partial charge < -0.3 is 0 Å². The summed E-state index contributed by atoms with van der Waals surface area (Å²) >= 11 is 11.2. The maximum atomic E-state index is 8.48. The lowest BCUT2D eigenvalue weighted by molar-refractivity contribution is 0.600. The molecule has 0 amide bonds. The Morgan fingerprint density at radius 1 is 1.22 bits per heavy atom. The van der Waals surface area contributed by atoms with Gasteiger partial charge in [0.1, 0.15) is 6.07 Å². The molecule has 0 spiro atoms. The molecular weight excluding hydrogens is 271 g/mol. The minimum atomic E-state index is 0.339. The van der Waals surface area contributed by atoms with E-state index < -0.39 is 0 Å². The Morgan fingerprint density at radius 3 is 2.22 bits per heavy atom. The van der Waals surface area contributed by atoms with Crippen molar-refractivity contribution in [3.8, 4) is 12.3 Å². The molecule has 18 heavy (non-hydrogen) atoms. The van der Waals surface area contributed by atoms with Crippen LogP contribution in [0.1, 0.15) is 5.56 Å². The molecule has 90 valence electrons. The molecule has 0 fully saturated rings. The number of nitriles is 2. The topological polar surface area (TPSA) is 63.2 Å². The first-order chi connectivity index (χ1) is 8.69. The first kappa shape index (κ1) is 14.1. The molecule has 4 nitrogen and oxygen atoms in total.